The van der Waals surface area contributed by atoms with E-state index >= 15 is 0 Å². The highest BCUT2D eigenvalue weighted by Gasteiger charge is 2.24. The molecule has 0 aliphatic carbocycles. The molecule has 0 bridgehead atoms. The molecule has 3 rings (SSSR count). The molecule has 116 valence electrons. The zero-order valence-corrected chi connectivity index (χ0v) is 13.8. The lowest BCUT2D eigenvalue weighted by molar-refractivity contribution is -0.123. The topological polar surface area (TPSA) is 41.1 Å². The van der Waals surface area contributed by atoms with Gasteiger partial charge in [-0.05, 0) is 47.8 Å². The zero-order chi connectivity index (χ0) is 13.8. The molecular formula is C16H23ClN2OS. The molecule has 21 heavy (non-hydrogen) atoms. The first-order chi connectivity index (χ1) is 9.83. The van der Waals surface area contributed by atoms with Gasteiger partial charge in [0.15, 0.2) is 0 Å². The first kappa shape index (κ1) is 16.7. The molecule has 1 aromatic rings. The number of carbonyl (C=O) groups excluding carboxylic acids is 1. The summed E-state index contributed by atoms with van der Waals surface area (Å²) >= 11 is 2.03. The lowest BCUT2D eigenvalue weighted by Gasteiger charge is -2.27. The second-order valence-electron chi connectivity index (χ2n) is 5.71. The number of thioether (sulfide) groups is 1. The minimum atomic E-state index is -0.0668. The van der Waals surface area contributed by atoms with Crippen LogP contribution in [-0.2, 0) is 17.8 Å². The highest BCUT2D eigenvalue weighted by Crippen LogP contribution is 2.22. The SMILES string of the molecule is Cl.O=C(NCC1CCSCC1)C1Cc2ccccc2CN1. The van der Waals surface area contributed by atoms with E-state index in [-0.39, 0.29) is 24.4 Å². The summed E-state index contributed by atoms with van der Waals surface area (Å²) in [6, 6.07) is 8.31. The van der Waals surface area contributed by atoms with Crippen LogP contribution in [0.5, 0.6) is 0 Å². The quantitative estimate of drug-likeness (QED) is 0.896. The van der Waals surface area contributed by atoms with Crippen molar-refractivity contribution in [2.75, 3.05) is 18.1 Å². The second-order valence-corrected chi connectivity index (χ2v) is 6.93. The summed E-state index contributed by atoms with van der Waals surface area (Å²) < 4.78 is 0. The van der Waals surface area contributed by atoms with Gasteiger partial charge in [-0.25, -0.2) is 0 Å². The third-order valence-electron chi connectivity index (χ3n) is 4.30. The van der Waals surface area contributed by atoms with E-state index in [0.29, 0.717) is 5.92 Å². The fourth-order valence-corrected chi connectivity index (χ4v) is 4.16. The molecule has 1 saturated heterocycles. The lowest BCUT2D eigenvalue weighted by atomic mass is 9.95. The predicted octanol–water partition coefficient (Wildman–Crippen LogP) is 2.38. The largest absolute Gasteiger partial charge is 0.354 e. The molecule has 5 heteroatoms. The van der Waals surface area contributed by atoms with Gasteiger partial charge in [-0.2, -0.15) is 11.8 Å². The van der Waals surface area contributed by atoms with Crippen molar-refractivity contribution in [2.45, 2.75) is 31.8 Å². The molecule has 0 spiro atoms. The van der Waals surface area contributed by atoms with E-state index in [1.54, 1.807) is 0 Å². The van der Waals surface area contributed by atoms with Crippen LogP contribution in [0.25, 0.3) is 0 Å². The van der Waals surface area contributed by atoms with Gasteiger partial charge in [0.2, 0.25) is 5.91 Å². The fourth-order valence-electron chi connectivity index (χ4n) is 2.96. The lowest BCUT2D eigenvalue weighted by Crippen LogP contribution is -2.48. The first-order valence-corrected chi connectivity index (χ1v) is 8.64. The molecule has 2 heterocycles. The van der Waals surface area contributed by atoms with Crippen molar-refractivity contribution in [2.24, 2.45) is 5.92 Å². The van der Waals surface area contributed by atoms with Crippen LogP contribution >= 0.6 is 24.2 Å². The van der Waals surface area contributed by atoms with Gasteiger partial charge in [-0.1, -0.05) is 24.3 Å². The van der Waals surface area contributed by atoms with Crippen molar-refractivity contribution >= 4 is 30.1 Å². The van der Waals surface area contributed by atoms with Crippen LogP contribution < -0.4 is 10.6 Å². The predicted molar refractivity (Wildman–Crippen MR) is 91.1 cm³/mol. The van der Waals surface area contributed by atoms with Gasteiger partial charge in [0.1, 0.15) is 0 Å². The van der Waals surface area contributed by atoms with E-state index in [1.807, 2.05) is 11.8 Å². The summed E-state index contributed by atoms with van der Waals surface area (Å²) in [6.45, 7) is 1.65. The van der Waals surface area contributed by atoms with Crippen molar-refractivity contribution in [3.8, 4) is 0 Å². The van der Waals surface area contributed by atoms with Gasteiger partial charge in [0.05, 0.1) is 6.04 Å². The van der Waals surface area contributed by atoms with E-state index in [1.165, 1.54) is 35.5 Å². The number of fused-ring (bicyclic) bond motifs is 1. The van der Waals surface area contributed by atoms with Gasteiger partial charge in [-0.15, -0.1) is 12.4 Å². The number of rotatable bonds is 3. The van der Waals surface area contributed by atoms with Crippen molar-refractivity contribution < 1.29 is 4.79 Å². The van der Waals surface area contributed by atoms with Crippen LogP contribution in [0.1, 0.15) is 24.0 Å². The number of halogens is 1. The standard InChI is InChI=1S/C16H22N2OS.ClH/c19-16(18-10-12-5-7-20-8-6-12)15-9-13-3-1-2-4-14(13)11-17-15;/h1-4,12,15,17H,5-11H2,(H,18,19);1H. The van der Waals surface area contributed by atoms with Crippen molar-refractivity contribution in [1.82, 2.24) is 10.6 Å². The highest BCUT2D eigenvalue weighted by atomic mass is 35.5. The van der Waals surface area contributed by atoms with Gasteiger partial charge < -0.3 is 10.6 Å². The van der Waals surface area contributed by atoms with Gasteiger partial charge >= 0.3 is 0 Å². The first-order valence-electron chi connectivity index (χ1n) is 7.48. The third kappa shape index (κ3) is 4.38. The molecule has 1 aromatic carbocycles. The summed E-state index contributed by atoms with van der Waals surface area (Å²) in [5, 5.41) is 6.49. The maximum atomic E-state index is 12.3. The Hall–Kier alpha value is -0.710. The van der Waals surface area contributed by atoms with Crippen LogP contribution in [0, 0.1) is 5.92 Å². The number of hydrogen-bond acceptors (Lipinski definition) is 3. The third-order valence-corrected chi connectivity index (χ3v) is 5.35. The maximum Gasteiger partial charge on any atom is 0.237 e. The Morgan fingerprint density at radius 1 is 1.24 bits per heavy atom. The van der Waals surface area contributed by atoms with Gasteiger partial charge in [0.25, 0.3) is 0 Å². The minimum absolute atomic E-state index is 0. The normalized spacial score (nSPS) is 22.0. The number of carbonyl (C=O) groups is 1. The average Bonchev–Trinajstić information content (AvgIpc) is 2.53. The van der Waals surface area contributed by atoms with E-state index < -0.39 is 0 Å². The highest BCUT2D eigenvalue weighted by molar-refractivity contribution is 7.99. The second kappa shape index (κ2) is 8.06. The fraction of sp³-hybridized carbons (Fsp3) is 0.562. The molecule has 1 fully saturated rings. The summed E-state index contributed by atoms with van der Waals surface area (Å²) in [7, 11) is 0. The molecule has 0 radical (unpaired) electrons. The maximum absolute atomic E-state index is 12.3. The summed E-state index contributed by atoms with van der Waals surface area (Å²) in [5.74, 6) is 3.33. The molecule has 2 aliphatic rings. The van der Waals surface area contributed by atoms with Gasteiger partial charge in [-0.3, -0.25) is 4.79 Å². The number of amides is 1. The average molecular weight is 327 g/mol. The molecule has 0 aromatic heterocycles. The van der Waals surface area contributed by atoms with Crippen LogP contribution in [0.15, 0.2) is 24.3 Å². The summed E-state index contributed by atoms with van der Waals surface area (Å²) in [4.78, 5) is 12.3. The summed E-state index contributed by atoms with van der Waals surface area (Å²) in [6.07, 6.45) is 3.29. The Bertz CT molecular complexity index is 477. The molecule has 3 nitrogen and oxygen atoms in total. The van der Waals surface area contributed by atoms with E-state index in [9.17, 15) is 4.79 Å². The van der Waals surface area contributed by atoms with Crippen molar-refractivity contribution in [3.63, 3.8) is 0 Å². The monoisotopic (exact) mass is 326 g/mol. The van der Waals surface area contributed by atoms with Crippen LogP contribution in [-0.4, -0.2) is 30.0 Å². The van der Waals surface area contributed by atoms with Crippen LogP contribution in [0.2, 0.25) is 0 Å². The number of hydrogen-bond donors (Lipinski definition) is 2. The van der Waals surface area contributed by atoms with E-state index in [0.717, 1.165) is 19.5 Å². The van der Waals surface area contributed by atoms with Crippen LogP contribution in [0.3, 0.4) is 0 Å². The van der Waals surface area contributed by atoms with Crippen molar-refractivity contribution in [3.05, 3.63) is 35.4 Å². The Balaban J connectivity index is 0.00000161. The van der Waals surface area contributed by atoms with E-state index in [4.69, 9.17) is 0 Å². The Kier molecular flexibility index (Phi) is 6.40. The summed E-state index contributed by atoms with van der Waals surface area (Å²) in [5.41, 5.74) is 2.63. The molecule has 1 unspecified atom stereocenters. The van der Waals surface area contributed by atoms with Gasteiger partial charge in [0, 0.05) is 13.1 Å². The number of benzene rings is 1. The van der Waals surface area contributed by atoms with Crippen LogP contribution in [0.4, 0.5) is 0 Å². The van der Waals surface area contributed by atoms with Crippen molar-refractivity contribution in [1.29, 1.82) is 0 Å². The minimum Gasteiger partial charge on any atom is -0.354 e. The molecule has 2 aliphatic heterocycles. The molecule has 1 amide bonds. The number of nitrogens with one attached hydrogen (secondary N) is 2. The molecular weight excluding hydrogens is 304 g/mol. The Labute approximate surface area is 137 Å². The molecule has 2 N–H and O–H groups in total. The Morgan fingerprint density at radius 3 is 2.71 bits per heavy atom. The van der Waals surface area contributed by atoms with E-state index in [2.05, 4.69) is 34.9 Å². The molecule has 0 saturated carbocycles. The smallest absolute Gasteiger partial charge is 0.237 e. The molecule has 1 atom stereocenters. The Morgan fingerprint density at radius 2 is 1.95 bits per heavy atom. The zero-order valence-electron chi connectivity index (χ0n) is 12.1.